The molecule has 22 heavy (non-hydrogen) atoms. The Morgan fingerprint density at radius 1 is 1.36 bits per heavy atom. The maximum Gasteiger partial charge on any atom is 0.337 e. The van der Waals surface area contributed by atoms with Gasteiger partial charge in [-0.3, -0.25) is 0 Å². The molecule has 5 nitrogen and oxygen atoms in total. The van der Waals surface area contributed by atoms with Gasteiger partial charge >= 0.3 is 5.97 Å². The van der Waals surface area contributed by atoms with Crippen LogP contribution in [-0.2, 0) is 16.1 Å². The van der Waals surface area contributed by atoms with Gasteiger partial charge in [0, 0.05) is 18.6 Å². The minimum atomic E-state index is -0.356. The summed E-state index contributed by atoms with van der Waals surface area (Å²) in [6, 6.07) is 5.47. The van der Waals surface area contributed by atoms with Crippen molar-refractivity contribution < 1.29 is 18.7 Å². The zero-order chi connectivity index (χ0) is 15.7. The summed E-state index contributed by atoms with van der Waals surface area (Å²) in [7, 11) is 2.99. The second-order valence-corrected chi connectivity index (χ2v) is 5.55. The number of carbonyl (C=O) groups is 1. The molecule has 1 heterocycles. The molecular weight excluding hydrogens is 282 g/mol. The van der Waals surface area contributed by atoms with Crippen LogP contribution in [0.4, 0.5) is 0 Å². The summed E-state index contributed by atoms with van der Waals surface area (Å²) in [6.45, 7) is 2.33. The highest BCUT2D eigenvalue weighted by molar-refractivity contribution is 5.91. The zero-order valence-corrected chi connectivity index (χ0v) is 13.0. The number of ether oxygens (including phenoxy) is 2. The van der Waals surface area contributed by atoms with E-state index < -0.39 is 0 Å². The van der Waals surface area contributed by atoms with Gasteiger partial charge in [-0.15, -0.1) is 0 Å². The number of aryl methyl sites for hydroxylation is 1. The monoisotopic (exact) mass is 301 g/mol. The van der Waals surface area contributed by atoms with E-state index in [9.17, 15) is 4.79 Å². The largest absolute Gasteiger partial charge is 0.465 e. The van der Waals surface area contributed by atoms with E-state index in [0.717, 1.165) is 35.4 Å². The van der Waals surface area contributed by atoms with E-state index in [0.29, 0.717) is 24.0 Å². The molecule has 1 fully saturated rings. The fourth-order valence-electron chi connectivity index (χ4n) is 2.50. The van der Waals surface area contributed by atoms with E-state index in [4.69, 9.17) is 13.9 Å². The first-order valence-electron chi connectivity index (χ1n) is 7.32. The molecule has 5 heteroatoms. The van der Waals surface area contributed by atoms with Crippen molar-refractivity contribution in [2.45, 2.75) is 32.3 Å². The number of methoxy groups -OCH3 is 2. The van der Waals surface area contributed by atoms with Gasteiger partial charge in [0.05, 0.1) is 18.4 Å². The summed E-state index contributed by atoms with van der Waals surface area (Å²) in [5, 5.41) is 0. The first kappa shape index (κ1) is 14.8. The number of nitrogens with zero attached hydrogens (tertiary/aromatic N) is 1. The normalized spacial score (nSPS) is 14.1. The van der Waals surface area contributed by atoms with E-state index in [1.807, 2.05) is 19.1 Å². The lowest BCUT2D eigenvalue weighted by Gasteiger charge is -2.07. The molecule has 0 atom stereocenters. The SMILES string of the molecule is COCc1nc(C2CC2)c(-c2cc(C(=O)OC)ccc2C)o1. The molecule has 0 saturated heterocycles. The molecule has 116 valence electrons. The molecule has 1 aromatic carbocycles. The maximum absolute atomic E-state index is 11.8. The van der Waals surface area contributed by atoms with Crippen LogP contribution >= 0.6 is 0 Å². The summed E-state index contributed by atoms with van der Waals surface area (Å²) in [5.41, 5.74) is 3.40. The lowest BCUT2D eigenvalue weighted by atomic mass is 10.0. The van der Waals surface area contributed by atoms with Crippen molar-refractivity contribution in [1.29, 1.82) is 0 Å². The Morgan fingerprint density at radius 3 is 2.77 bits per heavy atom. The average molecular weight is 301 g/mol. The molecule has 3 rings (SSSR count). The summed E-state index contributed by atoms with van der Waals surface area (Å²) < 4.78 is 15.8. The highest BCUT2D eigenvalue weighted by Crippen LogP contribution is 2.45. The minimum absolute atomic E-state index is 0.343. The van der Waals surface area contributed by atoms with Crippen LogP contribution < -0.4 is 0 Å². The first-order chi connectivity index (χ1) is 10.6. The minimum Gasteiger partial charge on any atom is -0.465 e. The first-order valence-corrected chi connectivity index (χ1v) is 7.32. The molecule has 0 amide bonds. The molecular formula is C17H19NO4. The van der Waals surface area contributed by atoms with Crippen LogP contribution in [0, 0.1) is 6.92 Å². The summed E-state index contributed by atoms with van der Waals surface area (Å²) in [6.07, 6.45) is 2.25. The smallest absolute Gasteiger partial charge is 0.337 e. The Hall–Kier alpha value is -2.14. The van der Waals surface area contributed by atoms with Crippen LogP contribution in [0.15, 0.2) is 22.6 Å². The highest BCUT2D eigenvalue weighted by Gasteiger charge is 2.32. The Kier molecular flexibility index (Phi) is 3.98. The Balaban J connectivity index is 2.07. The molecule has 0 unspecified atom stereocenters. The van der Waals surface area contributed by atoms with Crippen LogP contribution in [0.2, 0.25) is 0 Å². The van der Waals surface area contributed by atoms with Crippen molar-refractivity contribution >= 4 is 5.97 Å². The van der Waals surface area contributed by atoms with E-state index in [1.54, 1.807) is 13.2 Å². The molecule has 0 N–H and O–H groups in total. The quantitative estimate of drug-likeness (QED) is 0.791. The van der Waals surface area contributed by atoms with Gasteiger partial charge in [0.1, 0.15) is 6.61 Å². The van der Waals surface area contributed by atoms with Gasteiger partial charge in [0.15, 0.2) is 5.76 Å². The number of aromatic nitrogens is 1. The van der Waals surface area contributed by atoms with Crippen molar-refractivity contribution in [2.24, 2.45) is 0 Å². The number of carbonyl (C=O) groups excluding carboxylic acids is 1. The van der Waals surface area contributed by atoms with Crippen LogP contribution in [0.1, 0.15) is 46.3 Å². The van der Waals surface area contributed by atoms with Crippen LogP contribution in [-0.4, -0.2) is 25.2 Å². The molecule has 0 radical (unpaired) electrons. The fraction of sp³-hybridized carbons (Fsp3) is 0.412. The van der Waals surface area contributed by atoms with Crippen molar-refractivity contribution in [1.82, 2.24) is 4.98 Å². The molecule has 2 aromatic rings. The molecule has 1 saturated carbocycles. The second-order valence-electron chi connectivity index (χ2n) is 5.55. The third-order valence-corrected chi connectivity index (χ3v) is 3.83. The van der Waals surface area contributed by atoms with Crippen molar-refractivity contribution in [3.63, 3.8) is 0 Å². The second kappa shape index (κ2) is 5.93. The van der Waals surface area contributed by atoms with Gasteiger partial charge in [-0.1, -0.05) is 6.07 Å². The highest BCUT2D eigenvalue weighted by atomic mass is 16.5. The third-order valence-electron chi connectivity index (χ3n) is 3.83. The summed E-state index contributed by atoms with van der Waals surface area (Å²) >= 11 is 0. The molecule has 1 aromatic heterocycles. The van der Waals surface area contributed by atoms with Crippen molar-refractivity contribution in [3.05, 3.63) is 40.9 Å². The summed E-state index contributed by atoms with van der Waals surface area (Å²) in [4.78, 5) is 16.3. The van der Waals surface area contributed by atoms with Gasteiger partial charge in [-0.05, 0) is 37.5 Å². The van der Waals surface area contributed by atoms with Crippen molar-refractivity contribution in [3.8, 4) is 11.3 Å². The number of hydrogen-bond acceptors (Lipinski definition) is 5. The zero-order valence-electron chi connectivity index (χ0n) is 13.0. The predicted molar refractivity (Wildman–Crippen MR) is 80.7 cm³/mol. The van der Waals surface area contributed by atoms with E-state index in [2.05, 4.69) is 4.98 Å². The van der Waals surface area contributed by atoms with Crippen LogP contribution in [0.25, 0.3) is 11.3 Å². The Labute approximate surface area is 129 Å². The molecule has 1 aliphatic rings. The molecule has 0 spiro atoms. The standard InChI is InChI=1S/C17H19NO4/c1-10-4-5-12(17(19)21-3)8-13(10)16-15(11-6-7-11)18-14(22-16)9-20-2/h4-5,8,11H,6-7,9H2,1-3H3. The number of benzene rings is 1. The van der Waals surface area contributed by atoms with Gasteiger partial charge in [-0.2, -0.15) is 0 Å². The number of oxazole rings is 1. The van der Waals surface area contributed by atoms with Gasteiger partial charge in [0.2, 0.25) is 5.89 Å². The van der Waals surface area contributed by atoms with E-state index in [1.165, 1.54) is 7.11 Å². The van der Waals surface area contributed by atoms with Crippen LogP contribution in [0.5, 0.6) is 0 Å². The molecule has 0 aliphatic heterocycles. The Morgan fingerprint density at radius 2 is 2.14 bits per heavy atom. The van der Waals surface area contributed by atoms with Gasteiger partial charge in [-0.25, -0.2) is 9.78 Å². The lowest BCUT2D eigenvalue weighted by molar-refractivity contribution is 0.0601. The topological polar surface area (TPSA) is 61.6 Å². The number of esters is 1. The van der Waals surface area contributed by atoms with Crippen molar-refractivity contribution in [2.75, 3.05) is 14.2 Å². The molecule has 0 bridgehead atoms. The predicted octanol–water partition coefficient (Wildman–Crippen LogP) is 3.46. The Bertz CT molecular complexity index is 701. The average Bonchev–Trinajstić information content (AvgIpc) is 3.29. The van der Waals surface area contributed by atoms with Gasteiger partial charge in [0.25, 0.3) is 0 Å². The molecule has 1 aliphatic carbocycles. The number of hydrogen-bond donors (Lipinski definition) is 0. The van der Waals surface area contributed by atoms with E-state index >= 15 is 0 Å². The number of rotatable bonds is 5. The third kappa shape index (κ3) is 2.76. The fourth-order valence-corrected chi connectivity index (χ4v) is 2.50. The van der Waals surface area contributed by atoms with E-state index in [-0.39, 0.29) is 5.97 Å². The lowest BCUT2D eigenvalue weighted by Crippen LogP contribution is -2.01. The maximum atomic E-state index is 11.8. The summed E-state index contributed by atoms with van der Waals surface area (Å²) in [5.74, 6) is 1.41. The van der Waals surface area contributed by atoms with Crippen LogP contribution in [0.3, 0.4) is 0 Å². The van der Waals surface area contributed by atoms with Gasteiger partial charge < -0.3 is 13.9 Å².